The van der Waals surface area contributed by atoms with Crippen molar-refractivity contribution in [3.63, 3.8) is 0 Å². The molecule has 1 aromatic heterocycles. The number of nitro groups is 1. The molecular weight excluding hydrogens is 255 g/mol. The summed E-state index contributed by atoms with van der Waals surface area (Å²) in [5.41, 5.74) is 0.0120. The maximum absolute atomic E-state index is 12.1. The fraction of sp³-hybridized carbons (Fsp3) is 0.333. The zero-order valence-electron chi connectivity index (χ0n) is 8.98. The second-order valence-electron chi connectivity index (χ2n) is 3.22. The van der Waals surface area contributed by atoms with Crippen LogP contribution in [0.5, 0.6) is 5.88 Å². The lowest BCUT2D eigenvalue weighted by atomic mass is 10.1. The van der Waals surface area contributed by atoms with E-state index in [1.807, 2.05) is 0 Å². The van der Waals surface area contributed by atoms with Crippen LogP contribution in [0.2, 0.25) is 0 Å². The normalized spacial score (nSPS) is 10.8. The monoisotopic (exact) mass is 261 g/mol. The van der Waals surface area contributed by atoms with Crippen molar-refractivity contribution in [2.75, 3.05) is 0 Å². The Morgan fingerprint density at radius 3 is 2.67 bits per heavy atom. The summed E-state index contributed by atoms with van der Waals surface area (Å²) in [5, 5.41) is 19.0. The average molecular weight is 261 g/mol. The summed E-state index contributed by atoms with van der Waals surface area (Å²) in [6.07, 6.45) is -5.42. The highest BCUT2D eigenvalue weighted by atomic mass is 19.4. The Morgan fingerprint density at radius 1 is 1.61 bits per heavy atom. The molecule has 1 rings (SSSR count). The van der Waals surface area contributed by atoms with Crippen LogP contribution in [0.4, 0.5) is 19.0 Å². The lowest BCUT2D eigenvalue weighted by Crippen LogP contribution is -2.19. The van der Waals surface area contributed by atoms with Gasteiger partial charge < -0.3 is 14.9 Å². The van der Waals surface area contributed by atoms with Gasteiger partial charge in [-0.15, -0.1) is 13.2 Å². The van der Waals surface area contributed by atoms with Crippen molar-refractivity contribution >= 4 is 5.82 Å². The molecule has 0 radical (unpaired) electrons. The molecule has 0 unspecified atom stereocenters. The SMILES string of the molecule is Cc1cc([N+](=O)[O-])nc(OC(F)(F)F)c1CC#N. The largest absolute Gasteiger partial charge is 0.575 e. The highest BCUT2D eigenvalue weighted by Gasteiger charge is 2.36. The maximum atomic E-state index is 12.1. The van der Waals surface area contributed by atoms with E-state index in [1.165, 1.54) is 6.92 Å². The molecule has 0 atom stereocenters. The van der Waals surface area contributed by atoms with Crippen molar-refractivity contribution in [2.45, 2.75) is 19.7 Å². The van der Waals surface area contributed by atoms with Gasteiger partial charge in [0.05, 0.1) is 18.1 Å². The van der Waals surface area contributed by atoms with E-state index >= 15 is 0 Å². The Bertz CT molecular complexity index is 522. The Balaban J connectivity index is 3.34. The number of hydrogen-bond donors (Lipinski definition) is 0. The number of aromatic nitrogens is 1. The van der Waals surface area contributed by atoms with Crippen LogP contribution in [-0.2, 0) is 6.42 Å². The molecule has 0 bridgehead atoms. The van der Waals surface area contributed by atoms with Crippen molar-refractivity contribution in [1.82, 2.24) is 4.98 Å². The van der Waals surface area contributed by atoms with Gasteiger partial charge in [0.1, 0.15) is 0 Å². The highest BCUT2D eigenvalue weighted by molar-refractivity contribution is 5.42. The molecule has 9 heteroatoms. The van der Waals surface area contributed by atoms with Crippen LogP contribution in [0.3, 0.4) is 0 Å². The van der Waals surface area contributed by atoms with Gasteiger partial charge >= 0.3 is 18.1 Å². The number of rotatable bonds is 3. The average Bonchev–Trinajstić information content (AvgIpc) is 2.20. The molecule has 96 valence electrons. The zero-order valence-corrected chi connectivity index (χ0v) is 8.98. The summed E-state index contributed by atoms with van der Waals surface area (Å²) in [6.45, 7) is 1.34. The number of pyridine rings is 1. The quantitative estimate of drug-likeness (QED) is 0.615. The minimum absolute atomic E-state index is 0.125. The molecular formula is C9H6F3N3O3. The van der Waals surface area contributed by atoms with Gasteiger partial charge in [0, 0.05) is 11.1 Å². The van der Waals surface area contributed by atoms with Crippen LogP contribution in [0.15, 0.2) is 6.07 Å². The van der Waals surface area contributed by atoms with Gasteiger partial charge in [0.25, 0.3) is 0 Å². The topological polar surface area (TPSA) is 89.1 Å². The number of halogens is 3. The molecule has 0 amide bonds. The second-order valence-corrected chi connectivity index (χ2v) is 3.22. The highest BCUT2D eigenvalue weighted by Crippen LogP contribution is 2.29. The predicted molar refractivity (Wildman–Crippen MR) is 51.6 cm³/mol. The third kappa shape index (κ3) is 3.31. The van der Waals surface area contributed by atoms with Crippen molar-refractivity contribution in [3.05, 3.63) is 27.3 Å². The summed E-state index contributed by atoms with van der Waals surface area (Å²) >= 11 is 0. The van der Waals surface area contributed by atoms with E-state index in [0.29, 0.717) is 0 Å². The fourth-order valence-corrected chi connectivity index (χ4v) is 1.23. The summed E-state index contributed by atoms with van der Waals surface area (Å²) in [6, 6.07) is 2.62. The summed E-state index contributed by atoms with van der Waals surface area (Å²) in [4.78, 5) is 12.7. The molecule has 0 aliphatic carbocycles. The number of nitriles is 1. The molecule has 1 heterocycles. The van der Waals surface area contributed by atoms with Crippen LogP contribution < -0.4 is 4.74 Å². The third-order valence-corrected chi connectivity index (χ3v) is 1.95. The molecule has 0 saturated heterocycles. The van der Waals surface area contributed by atoms with E-state index < -0.39 is 23.0 Å². The molecule has 1 aromatic rings. The first kappa shape index (κ1) is 13.7. The van der Waals surface area contributed by atoms with Crippen molar-refractivity contribution in [2.24, 2.45) is 0 Å². The summed E-state index contributed by atoms with van der Waals surface area (Å²) in [7, 11) is 0. The van der Waals surface area contributed by atoms with E-state index in [2.05, 4.69) is 9.72 Å². The molecule has 0 spiro atoms. The van der Waals surface area contributed by atoms with Gasteiger partial charge in [-0.1, -0.05) is 0 Å². The van der Waals surface area contributed by atoms with Gasteiger partial charge in [-0.3, -0.25) is 0 Å². The van der Waals surface area contributed by atoms with Crippen LogP contribution in [0, 0.1) is 28.4 Å². The number of ether oxygens (including phenoxy) is 1. The minimum Gasteiger partial charge on any atom is -0.366 e. The van der Waals surface area contributed by atoms with Crippen molar-refractivity contribution < 1.29 is 22.8 Å². The maximum Gasteiger partial charge on any atom is 0.575 e. The van der Waals surface area contributed by atoms with Gasteiger partial charge in [0.15, 0.2) is 0 Å². The van der Waals surface area contributed by atoms with Crippen molar-refractivity contribution in [1.29, 1.82) is 5.26 Å². The number of nitrogens with zero attached hydrogens (tertiary/aromatic N) is 3. The molecule has 0 saturated carbocycles. The lowest BCUT2D eigenvalue weighted by Gasteiger charge is -2.09. The molecule has 6 nitrogen and oxygen atoms in total. The first-order valence-corrected chi connectivity index (χ1v) is 4.52. The second kappa shape index (κ2) is 4.87. The van der Waals surface area contributed by atoms with Gasteiger partial charge in [-0.25, -0.2) is 0 Å². The van der Waals surface area contributed by atoms with Crippen LogP contribution in [0.25, 0.3) is 0 Å². The summed E-state index contributed by atoms with van der Waals surface area (Å²) in [5.74, 6) is -1.73. The van der Waals surface area contributed by atoms with Gasteiger partial charge in [0.2, 0.25) is 0 Å². The van der Waals surface area contributed by atoms with Crippen LogP contribution in [-0.4, -0.2) is 16.3 Å². The molecule has 0 fully saturated rings. The number of hydrogen-bond acceptors (Lipinski definition) is 5. The van der Waals surface area contributed by atoms with E-state index in [0.717, 1.165) is 6.07 Å². The first-order valence-electron chi connectivity index (χ1n) is 4.52. The Hall–Kier alpha value is -2.37. The van der Waals surface area contributed by atoms with Gasteiger partial charge in [-0.05, 0) is 17.4 Å². The third-order valence-electron chi connectivity index (χ3n) is 1.95. The van der Waals surface area contributed by atoms with Crippen molar-refractivity contribution in [3.8, 4) is 11.9 Å². The van der Waals surface area contributed by atoms with E-state index in [4.69, 9.17) is 5.26 Å². The molecule has 0 N–H and O–H groups in total. The molecule has 18 heavy (non-hydrogen) atoms. The molecule has 0 aliphatic rings. The van der Waals surface area contributed by atoms with E-state index in [1.54, 1.807) is 6.07 Å². The Kier molecular flexibility index (Phi) is 3.70. The zero-order chi connectivity index (χ0) is 13.9. The minimum atomic E-state index is -5.03. The predicted octanol–water partition coefficient (Wildman–Crippen LogP) is 2.26. The number of alkyl halides is 3. The smallest absolute Gasteiger partial charge is 0.366 e. The van der Waals surface area contributed by atoms with E-state index in [9.17, 15) is 23.3 Å². The number of aryl methyl sites for hydroxylation is 1. The van der Waals surface area contributed by atoms with Crippen LogP contribution in [0.1, 0.15) is 11.1 Å². The molecule has 0 aliphatic heterocycles. The fourth-order valence-electron chi connectivity index (χ4n) is 1.23. The first-order chi connectivity index (χ1) is 8.24. The Labute approximate surface area is 98.8 Å². The van der Waals surface area contributed by atoms with Crippen LogP contribution >= 0.6 is 0 Å². The Morgan fingerprint density at radius 2 is 2.22 bits per heavy atom. The standard InChI is InChI=1S/C9H6F3N3O3/c1-5-4-7(15(16)17)14-8(6(5)2-3-13)18-9(10,11)12/h4H,2H2,1H3. The summed E-state index contributed by atoms with van der Waals surface area (Å²) < 4.78 is 39.9. The van der Waals surface area contributed by atoms with Gasteiger partial charge in [-0.2, -0.15) is 5.26 Å². The molecule has 0 aromatic carbocycles. The lowest BCUT2D eigenvalue weighted by molar-refractivity contribution is -0.390. The van der Waals surface area contributed by atoms with E-state index in [-0.39, 0.29) is 17.5 Å².